The van der Waals surface area contributed by atoms with E-state index in [0.717, 1.165) is 6.42 Å². The summed E-state index contributed by atoms with van der Waals surface area (Å²) in [7, 11) is -1.35. The quantitative estimate of drug-likeness (QED) is 0.388. The Morgan fingerprint density at radius 2 is 1.09 bits per heavy atom. The van der Waals surface area contributed by atoms with Gasteiger partial charge in [0.15, 0.2) is 0 Å². The Balaban J connectivity index is 1.89. The maximum absolute atomic E-state index is 9.06. The average Bonchev–Trinajstić information content (AvgIpc) is 2.56. The van der Waals surface area contributed by atoms with Crippen molar-refractivity contribution in [2.45, 2.75) is 90.4 Å². The molecule has 0 spiro atoms. The van der Waals surface area contributed by atoms with Gasteiger partial charge in [0, 0.05) is 0 Å². The van der Waals surface area contributed by atoms with Crippen LogP contribution in [0.3, 0.4) is 0 Å². The van der Waals surface area contributed by atoms with Crippen molar-refractivity contribution >= 4 is 12.6 Å². The van der Waals surface area contributed by atoms with Crippen LogP contribution in [0, 0.1) is 0 Å². The van der Waals surface area contributed by atoms with Crippen LogP contribution in [0.2, 0.25) is 0 Å². The lowest BCUT2D eigenvalue weighted by atomic mass is 9.80. The molecule has 2 N–H and O–H groups in total. The van der Waals surface area contributed by atoms with Crippen molar-refractivity contribution in [1.29, 1.82) is 0 Å². The molecule has 0 bridgehead atoms. The summed E-state index contributed by atoms with van der Waals surface area (Å²) in [6, 6.07) is 7.63. The second-order valence-electron chi connectivity index (χ2n) is 6.75. The minimum Gasteiger partial charge on any atom is -0.423 e. The molecule has 0 aliphatic rings. The smallest absolute Gasteiger partial charge is 0.423 e. The van der Waals surface area contributed by atoms with Crippen LogP contribution >= 0.6 is 0 Å². The molecule has 23 heavy (non-hydrogen) atoms. The van der Waals surface area contributed by atoms with Crippen LogP contribution in [0.1, 0.15) is 89.5 Å². The van der Waals surface area contributed by atoms with E-state index in [9.17, 15) is 0 Å². The highest BCUT2D eigenvalue weighted by Crippen LogP contribution is 2.13. The Kier molecular flexibility index (Phi) is 12.0. The molecule has 0 aromatic heterocycles. The van der Waals surface area contributed by atoms with Crippen molar-refractivity contribution in [2.75, 3.05) is 0 Å². The van der Waals surface area contributed by atoms with Crippen molar-refractivity contribution in [3.05, 3.63) is 29.8 Å². The summed E-state index contributed by atoms with van der Waals surface area (Å²) in [4.78, 5) is 0. The van der Waals surface area contributed by atoms with Crippen molar-refractivity contribution < 1.29 is 10.0 Å². The predicted molar refractivity (Wildman–Crippen MR) is 101 cm³/mol. The van der Waals surface area contributed by atoms with Gasteiger partial charge in [0.1, 0.15) is 0 Å². The van der Waals surface area contributed by atoms with Gasteiger partial charge in [0.2, 0.25) is 0 Å². The highest BCUT2D eigenvalue weighted by molar-refractivity contribution is 6.58. The van der Waals surface area contributed by atoms with E-state index in [1.807, 2.05) is 12.1 Å². The van der Waals surface area contributed by atoms with E-state index >= 15 is 0 Å². The van der Waals surface area contributed by atoms with Crippen LogP contribution in [-0.4, -0.2) is 17.2 Å². The van der Waals surface area contributed by atoms with E-state index in [0.29, 0.717) is 5.46 Å². The minimum atomic E-state index is -1.35. The fraction of sp³-hybridized carbons (Fsp3) is 0.700. The van der Waals surface area contributed by atoms with E-state index in [1.165, 1.54) is 82.6 Å². The van der Waals surface area contributed by atoms with Gasteiger partial charge in [-0.05, 0) is 23.9 Å². The molecule has 0 amide bonds. The summed E-state index contributed by atoms with van der Waals surface area (Å²) < 4.78 is 0. The molecule has 0 aliphatic carbocycles. The maximum atomic E-state index is 9.06. The molecule has 1 aromatic rings. The molecular weight excluding hydrogens is 283 g/mol. The Labute approximate surface area is 143 Å². The molecule has 0 radical (unpaired) electrons. The lowest BCUT2D eigenvalue weighted by Crippen LogP contribution is -2.29. The molecule has 0 atom stereocenters. The van der Waals surface area contributed by atoms with E-state index in [-0.39, 0.29) is 0 Å². The van der Waals surface area contributed by atoms with Crippen LogP contribution in [0.5, 0.6) is 0 Å². The summed E-state index contributed by atoms with van der Waals surface area (Å²) in [6.45, 7) is 2.27. The molecule has 0 aliphatic heterocycles. The largest absolute Gasteiger partial charge is 0.488 e. The average molecular weight is 318 g/mol. The number of hydrogen-bond donors (Lipinski definition) is 2. The van der Waals surface area contributed by atoms with E-state index in [4.69, 9.17) is 10.0 Å². The molecule has 0 fully saturated rings. The number of aryl methyl sites for hydroxylation is 1. The van der Waals surface area contributed by atoms with E-state index in [2.05, 4.69) is 6.92 Å². The van der Waals surface area contributed by atoms with E-state index < -0.39 is 7.12 Å². The zero-order valence-electron chi connectivity index (χ0n) is 15.0. The zero-order chi connectivity index (χ0) is 16.8. The van der Waals surface area contributed by atoms with Gasteiger partial charge in [-0.3, -0.25) is 0 Å². The lowest BCUT2D eigenvalue weighted by Gasteiger charge is -2.04. The molecular formula is C20H35BO2. The van der Waals surface area contributed by atoms with Crippen LogP contribution in [-0.2, 0) is 6.42 Å². The maximum Gasteiger partial charge on any atom is 0.488 e. The standard InChI is InChI=1S/C20H35BO2/c1-2-3-4-5-6-7-8-9-10-11-12-13-14-19-15-17-20(18-16-19)21(22)23/h15-18,22-23H,2-14H2,1H3. The second-order valence-corrected chi connectivity index (χ2v) is 6.75. The first-order valence-corrected chi connectivity index (χ1v) is 9.69. The Morgan fingerprint density at radius 1 is 0.652 bits per heavy atom. The van der Waals surface area contributed by atoms with Gasteiger partial charge in [-0.1, -0.05) is 102 Å². The molecule has 1 aromatic carbocycles. The molecule has 0 saturated heterocycles. The van der Waals surface area contributed by atoms with Crippen molar-refractivity contribution in [2.24, 2.45) is 0 Å². The van der Waals surface area contributed by atoms with Gasteiger partial charge in [0.05, 0.1) is 0 Å². The SMILES string of the molecule is CCCCCCCCCCCCCCc1ccc(B(O)O)cc1. The second kappa shape index (κ2) is 13.6. The van der Waals surface area contributed by atoms with E-state index in [1.54, 1.807) is 12.1 Å². The summed E-state index contributed by atoms with van der Waals surface area (Å²) >= 11 is 0. The Morgan fingerprint density at radius 3 is 1.52 bits per heavy atom. The third-order valence-corrected chi connectivity index (χ3v) is 4.60. The Hall–Kier alpha value is -0.795. The van der Waals surface area contributed by atoms with Crippen molar-refractivity contribution in [1.82, 2.24) is 0 Å². The molecule has 0 saturated carbocycles. The molecule has 2 nitrogen and oxygen atoms in total. The predicted octanol–water partition coefficient (Wildman–Crippen LogP) is 4.61. The Bertz CT molecular complexity index is 376. The summed E-state index contributed by atoms with van der Waals surface area (Å²) in [5.41, 5.74) is 1.87. The first-order valence-electron chi connectivity index (χ1n) is 9.69. The minimum absolute atomic E-state index is 0.573. The third kappa shape index (κ3) is 10.6. The van der Waals surface area contributed by atoms with Crippen LogP contribution in [0.25, 0.3) is 0 Å². The number of hydrogen-bond acceptors (Lipinski definition) is 2. The number of benzene rings is 1. The van der Waals surface area contributed by atoms with Crippen LogP contribution in [0.15, 0.2) is 24.3 Å². The third-order valence-electron chi connectivity index (χ3n) is 4.60. The number of rotatable bonds is 14. The van der Waals surface area contributed by atoms with Gasteiger partial charge < -0.3 is 10.0 Å². The van der Waals surface area contributed by atoms with Gasteiger partial charge >= 0.3 is 7.12 Å². The first-order chi connectivity index (χ1) is 11.2. The first kappa shape index (κ1) is 20.2. The number of unbranched alkanes of at least 4 members (excludes halogenated alkanes) is 11. The van der Waals surface area contributed by atoms with Gasteiger partial charge in [-0.15, -0.1) is 0 Å². The highest BCUT2D eigenvalue weighted by atomic mass is 16.4. The molecule has 0 unspecified atom stereocenters. The molecule has 130 valence electrons. The monoisotopic (exact) mass is 318 g/mol. The lowest BCUT2D eigenvalue weighted by molar-refractivity contribution is 0.426. The fourth-order valence-corrected chi connectivity index (χ4v) is 3.03. The summed E-state index contributed by atoms with van der Waals surface area (Å²) in [6.07, 6.45) is 17.6. The topological polar surface area (TPSA) is 40.5 Å². The fourth-order valence-electron chi connectivity index (χ4n) is 3.03. The van der Waals surface area contributed by atoms with Gasteiger partial charge in [-0.25, -0.2) is 0 Å². The van der Waals surface area contributed by atoms with Crippen LogP contribution in [0.4, 0.5) is 0 Å². The van der Waals surface area contributed by atoms with Crippen molar-refractivity contribution in [3.8, 4) is 0 Å². The van der Waals surface area contributed by atoms with Crippen LogP contribution < -0.4 is 5.46 Å². The van der Waals surface area contributed by atoms with Crippen molar-refractivity contribution in [3.63, 3.8) is 0 Å². The van der Waals surface area contributed by atoms with Gasteiger partial charge in [-0.2, -0.15) is 0 Å². The summed E-state index contributed by atoms with van der Waals surface area (Å²) in [5.74, 6) is 0. The van der Waals surface area contributed by atoms with Gasteiger partial charge in [0.25, 0.3) is 0 Å². The molecule has 3 heteroatoms. The zero-order valence-corrected chi connectivity index (χ0v) is 15.0. The highest BCUT2D eigenvalue weighted by Gasteiger charge is 2.09. The molecule has 1 rings (SSSR count). The molecule has 0 heterocycles. The summed E-state index contributed by atoms with van der Waals surface area (Å²) in [5, 5.41) is 18.1. The normalized spacial score (nSPS) is 10.9.